The van der Waals surface area contributed by atoms with Crippen LogP contribution in [-0.2, 0) is 14.0 Å². The van der Waals surface area contributed by atoms with Gasteiger partial charge in [-0.15, -0.1) is 0 Å². The highest BCUT2D eigenvalue weighted by Gasteiger charge is 2.52. The fourth-order valence-corrected chi connectivity index (χ4v) is 1.14. The Hall–Kier alpha value is -0.735. The van der Waals surface area contributed by atoms with Crippen LogP contribution in [0, 0.1) is 0 Å². The predicted molar refractivity (Wildman–Crippen MR) is 56.5 cm³/mol. The number of hydrogen-bond acceptors (Lipinski definition) is 3. The van der Waals surface area contributed by atoms with Crippen LogP contribution in [0.2, 0.25) is 0 Å². The first-order chi connectivity index (χ1) is 6.30. The summed E-state index contributed by atoms with van der Waals surface area (Å²) in [5.41, 5.74) is -0.283. The van der Waals surface area contributed by atoms with Crippen molar-refractivity contribution in [3.63, 3.8) is 0 Å². The molecule has 14 heavy (non-hydrogen) atoms. The normalized spacial score (nSPS) is 23.3. The molecule has 0 amide bonds. The standard InChI is InChI=1S/C10H17BO3/c1-7-12-8(2)11-13-9(3,4)10(5,6)14-11/h7H,1-2H2,3-6H3. The van der Waals surface area contributed by atoms with Crippen molar-refractivity contribution >= 4 is 7.12 Å². The minimum atomic E-state index is -0.516. The molecular formula is C10H17BO3. The molecule has 0 saturated carbocycles. The Morgan fingerprint density at radius 1 is 1.21 bits per heavy atom. The van der Waals surface area contributed by atoms with E-state index in [2.05, 4.69) is 13.2 Å². The van der Waals surface area contributed by atoms with Crippen LogP contribution in [-0.4, -0.2) is 18.3 Å². The van der Waals surface area contributed by atoms with E-state index in [1.165, 1.54) is 6.26 Å². The molecule has 0 N–H and O–H groups in total. The largest absolute Gasteiger partial charge is 0.532 e. The van der Waals surface area contributed by atoms with Gasteiger partial charge >= 0.3 is 7.12 Å². The number of rotatable bonds is 3. The van der Waals surface area contributed by atoms with Gasteiger partial charge in [0.25, 0.3) is 0 Å². The van der Waals surface area contributed by atoms with Crippen LogP contribution in [0.4, 0.5) is 0 Å². The van der Waals surface area contributed by atoms with E-state index in [0.29, 0.717) is 5.66 Å². The maximum absolute atomic E-state index is 5.68. The SMILES string of the molecule is C=COC(=C)B1OC(C)(C)C(C)(C)O1. The molecule has 1 fully saturated rings. The van der Waals surface area contributed by atoms with Crippen LogP contribution in [0.5, 0.6) is 0 Å². The Labute approximate surface area is 85.9 Å². The molecule has 0 spiro atoms. The molecular weight excluding hydrogens is 179 g/mol. The molecule has 0 bridgehead atoms. The molecule has 78 valence electrons. The lowest BCUT2D eigenvalue weighted by molar-refractivity contribution is 0.00578. The molecule has 0 unspecified atom stereocenters. The second-order valence-electron chi connectivity index (χ2n) is 4.34. The first-order valence-electron chi connectivity index (χ1n) is 4.62. The lowest BCUT2D eigenvalue weighted by atomic mass is 9.88. The van der Waals surface area contributed by atoms with Crippen molar-refractivity contribution in [3.8, 4) is 0 Å². The fourth-order valence-electron chi connectivity index (χ4n) is 1.14. The summed E-state index contributed by atoms with van der Waals surface area (Å²) in [6.07, 6.45) is 1.31. The molecule has 0 atom stereocenters. The highest BCUT2D eigenvalue weighted by atomic mass is 16.7. The zero-order chi connectivity index (χ0) is 11.0. The number of hydrogen-bond donors (Lipinski definition) is 0. The Bertz CT molecular complexity index is 242. The monoisotopic (exact) mass is 196 g/mol. The Morgan fingerprint density at radius 2 is 1.64 bits per heavy atom. The van der Waals surface area contributed by atoms with Crippen LogP contribution in [0.1, 0.15) is 27.7 Å². The van der Waals surface area contributed by atoms with E-state index in [0.717, 1.165) is 0 Å². The molecule has 0 aromatic carbocycles. The molecule has 1 rings (SSSR count). The van der Waals surface area contributed by atoms with E-state index in [1.54, 1.807) is 0 Å². The highest BCUT2D eigenvalue weighted by Crippen LogP contribution is 2.38. The average molecular weight is 196 g/mol. The van der Waals surface area contributed by atoms with Gasteiger partial charge in [-0.2, -0.15) is 0 Å². The van der Waals surface area contributed by atoms with Gasteiger partial charge in [0.2, 0.25) is 0 Å². The zero-order valence-electron chi connectivity index (χ0n) is 9.29. The summed E-state index contributed by atoms with van der Waals surface area (Å²) in [6, 6.07) is 0. The van der Waals surface area contributed by atoms with Crippen LogP contribution in [0.15, 0.2) is 25.1 Å². The van der Waals surface area contributed by atoms with Gasteiger partial charge in [-0.05, 0) is 27.7 Å². The molecule has 0 aromatic heterocycles. The predicted octanol–water partition coefficient (Wildman–Crippen LogP) is 2.29. The van der Waals surface area contributed by atoms with E-state index in [-0.39, 0.29) is 11.2 Å². The van der Waals surface area contributed by atoms with Gasteiger partial charge in [-0.1, -0.05) is 13.2 Å². The third-order valence-corrected chi connectivity index (χ3v) is 2.75. The lowest BCUT2D eigenvalue weighted by Crippen LogP contribution is -2.41. The number of ether oxygens (including phenoxy) is 1. The fraction of sp³-hybridized carbons (Fsp3) is 0.600. The summed E-state index contributed by atoms with van der Waals surface area (Å²) in [4.78, 5) is 0. The Morgan fingerprint density at radius 3 is 2.00 bits per heavy atom. The second-order valence-corrected chi connectivity index (χ2v) is 4.34. The van der Waals surface area contributed by atoms with E-state index < -0.39 is 7.12 Å². The summed E-state index contributed by atoms with van der Waals surface area (Å²) in [7, 11) is -0.516. The zero-order valence-corrected chi connectivity index (χ0v) is 9.29. The highest BCUT2D eigenvalue weighted by molar-refractivity contribution is 6.53. The van der Waals surface area contributed by atoms with Gasteiger partial charge in [0.05, 0.1) is 17.5 Å². The summed E-state index contributed by atoms with van der Waals surface area (Å²) in [6.45, 7) is 15.1. The summed E-state index contributed by atoms with van der Waals surface area (Å²) in [5.74, 6) is 0. The van der Waals surface area contributed by atoms with Crippen LogP contribution >= 0.6 is 0 Å². The van der Waals surface area contributed by atoms with Crippen molar-refractivity contribution in [2.45, 2.75) is 38.9 Å². The van der Waals surface area contributed by atoms with Crippen molar-refractivity contribution in [2.24, 2.45) is 0 Å². The first kappa shape index (κ1) is 11.3. The molecule has 3 nitrogen and oxygen atoms in total. The lowest BCUT2D eigenvalue weighted by Gasteiger charge is -2.32. The van der Waals surface area contributed by atoms with Gasteiger partial charge in [0.1, 0.15) is 5.66 Å². The van der Waals surface area contributed by atoms with Gasteiger partial charge < -0.3 is 14.0 Å². The van der Waals surface area contributed by atoms with Crippen molar-refractivity contribution in [2.75, 3.05) is 0 Å². The second kappa shape index (κ2) is 3.44. The van der Waals surface area contributed by atoms with E-state index in [9.17, 15) is 0 Å². The van der Waals surface area contributed by atoms with Crippen LogP contribution in [0.3, 0.4) is 0 Å². The summed E-state index contributed by atoms with van der Waals surface area (Å²) < 4.78 is 16.4. The molecule has 1 heterocycles. The van der Waals surface area contributed by atoms with Gasteiger partial charge in [-0.25, -0.2) is 0 Å². The van der Waals surface area contributed by atoms with Crippen molar-refractivity contribution in [3.05, 3.63) is 25.1 Å². The molecule has 0 aliphatic carbocycles. The van der Waals surface area contributed by atoms with Crippen molar-refractivity contribution in [1.29, 1.82) is 0 Å². The minimum Gasteiger partial charge on any atom is -0.474 e. The minimum absolute atomic E-state index is 0.356. The molecule has 4 heteroatoms. The topological polar surface area (TPSA) is 27.7 Å². The third-order valence-electron chi connectivity index (χ3n) is 2.75. The van der Waals surface area contributed by atoms with E-state index in [4.69, 9.17) is 14.0 Å². The summed E-state index contributed by atoms with van der Waals surface area (Å²) in [5, 5.41) is 0. The Balaban J connectivity index is 2.72. The van der Waals surface area contributed by atoms with Crippen molar-refractivity contribution in [1.82, 2.24) is 0 Å². The van der Waals surface area contributed by atoms with Crippen molar-refractivity contribution < 1.29 is 14.0 Å². The average Bonchev–Trinajstić information content (AvgIpc) is 2.22. The van der Waals surface area contributed by atoms with Gasteiger partial charge in [-0.3, -0.25) is 0 Å². The maximum atomic E-state index is 5.68. The Kier molecular flexibility index (Phi) is 2.79. The molecule has 1 saturated heterocycles. The van der Waals surface area contributed by atoms with E-state index in [1.807, 2.05) is 27.7 Å². The van der Waals surface area contributed by atoms with E-state index >= 15 is 0 Å². The van der Waals surface area contributed by atoms with Crippen LogP contribution in [0.25, 0.3) is 0 Å². The molecule has 0 radical (unpaired) electrons. The molecule has 1 aliphatic heterocycles. The van der Waals surface area contributed by atoms with Gasteiger partial charge in [0.15, 0.2) is 0 Å². The third kappa shape index (κ3) is 1.86. The van der Waals surface area contributed by atoms with Gasteiger partial charge in [0, 0.05) is 0 Å². The first-order valence-corrected chi connectivity index (χ1v) is 4.62. The summed E-state index contributed by atoms with van der Waals surface area (Å²) >= 11 is 0. The van der Waals surface area contributed by atoms with Crippen LogP contribution < -0.4 is 0 Å². The maximum Gasteiger partial charge on any atom is 0.532 e. The quantitative estimate of drug-likeness (QED) is 0.512. The smallest absolute Gasteiger partial charge is 0.474 e. The molecule has 0 aromatic rings. The molecule has 1 aliphatic rings.